The molecule has 2 aromatic heterocycles. The number of thioether (sulfide) groups is 1. The van der Waals surface area contributed by atoms with Gasteiger partial charge in [0.2, 0.25) is 5.91 Å². The smallest absolute Gasteiger partial charge is 0.234 e. The summed E-state index contributed by atoms with van der Waals surface area (Å²) in [5.41, 5.74) is 2.58. The van der Waals surface area contributed by atoms with Crippen molar-refractivity contribution in [2.24, 2.45) is 0 Å². The number of halogens is 1. The fraction of sp³-hybridized carbons (Fsp3) is 0.292. The van der Waals surface area contributed by atoms with Gasteiger partial charge in [0.1, 0.15) is 0 Å². The first-order valence-corrected chi connectivity index (χ1v) is 12.6. The molecule has 1 amide bonds. The van der Waals surface area contributed by atoms with Crippen LogP contribution in [0.1, 0.15) is 25.3 Å². The number of aromatic nitrogens is 4. The monoisotopic (exact) mass is 495 g/mol. The van der Waals surface area contributed by atoms with E-state index in [-0.39, 0.29) is 11.7 Å². The average molecular weight is 496 g/mol. The lowest BCUT2D eigenvalue weighted by molar-refractivity contribution is -0.113. The molecule has 2 N–H and O–H groups in total. The number of carbonyl (C=O) groups is 1. The minimum atomic E-state index is -0.180. The molecule has 0 saturated heterocycles. The SMILES string of the molecule is O=C(CSc1nnc(-c2c[nH]c3ccccc23)n1C1CC1)Nc1cc2c(cc1Cl)OCCCO2. The number of anilines is 1. The lowest BCUT2D eigenvalue weighted by Gasteiger charge is -2.12. The van der Waals surface area contributed by atoms with Crippen LogP contribution in [0.3, 0.4) is 0 Å². The zero-order chi connectivity index (χ0) is 23.1. The van der Waals surface area contributed by atoms with Crippen molar-refractivity contribution in [2.75, 3.05) is 24.3 Å². The van der Waals surface area contributed by atoms with Crippen LogP contribution in [-0.2, 0) is 4.79 Å². The van der Waals surface area contributed by atoms with Crippen molar-refractivity contribution in [1.82, 2.24) is 19.7 Å². The average Bonchev–Trinajstić information content (AvgIpc) is 3.52. The summed E-state index contributed by atoms with van der Waals surface area (Å²) < 4.78 is 13.5. The minimum absolute atomic E-state index is 0.180. The van der Waals surface area contributed by atoms with Crippen LogP contribution in [0, 0.1) is 0 Å². The maximum Gasteiger partial charge on any atom is 0.234 e. The molecule has 4 aromatic rings. The molecule has 1 aliphatic heterocycles. The number of rotatable bonds is 6. The van der Waals surface area contributed by atoms with Crippen LogP contribution in [0.5, 0.6) is 11.5 Å². The van der Waals surface area contributed by atoms with Crippen LogP contribution in [0.4, 0.5) is 5.69 Å². The van der Waals surface area contributed by atoms with Crippen molar-refractivity contribution in [3.05, 3.63) is 47.6 Å². The van der Waals surface area contributed by atoms with Gasteiger partial charge in [0.15, 0.2) is 22.5 Å². The fourth-order valence-corrected chi connectivity index (χ4v) is 5.08. The van der Waals surface area contributed by atoms with Gasteiger partial charge in [-0.3, -0.25) is 9.36 Å². The molecule has 0 unspecified atom stereocenters. The number of nitrogens with one attached hydrogen (secondary N) is 2. The predicted octanol–water partition coefficient (Wildman–Crippen LogP) is 5.31. The first kappa shape index (κ1) is 21.4. The molecule has 1 fully saturated rings. The lowest BCUT2D eigenvalue weighted by atomic mass is 10.1. The molecule has 2 aromatic carbocycles. The number of para-hydroxylation sites is 1. The van der Waals surface area contributed by atoms with Crippen molar-refractivity contribution >= 4 is 45.9 Å². The Kier molecular flexibility index (Phi) is 5.58. The third-order valence-corrected chi connectivity index (χ3v) is 7.11. The minimum Gasteiger partial charge on any atom is -0.490 e. The number of H-pyrrole nitrogens is 1. The summed E-state index contributed by atoms with van der Waals surface area (Å²) >= 11 is 7.74. The predicted molar refractivity (Wildman–Crippen MR) is 132 cm³/mol. The zero-order valence-electron chi connectivity index (χ0n) is 18.2. The third kappa shape index (κ3) is 4.10. The van der Waals surface area contributed by atoms with E-state index in [4.69, 9.17) is 21.1 Å². The van der Waals surface area contributed by atoms with E-state index in [2.05, 4.69) is 31.1 Å². The summed E-state index contributed by atoms with van der Waals surface area (Å²) in [5, 5.41) is 14.1. The van der Waals surface area contributed by atoms with Crippen LogP contribution < -0.4 is 14.8 Å². The van der Waals surface area contributed by atoms with Crippen molar-refractivity contribution in [2.45, 2.75) is 30.5 Å². The van der Waals surface area contributed by atoms with Gasteiger partial charge < -0.3 is 19.8 Å². The zero-order valence-corrected chi connectivity index (χ0v) is 19.8. The Morgan fingerprint density at radius 1 is 1.18 bits per heavy atom. The fourth-order valence-electron chi connectivity index (χ4n) is 4.07. The molecule has 2 aliphatic rings. The van der Waals surface area contributed by atoms with E-state index in [1.165, 1.54) is 11.8 Å². The number of hydrogen-bond acceptors (Lipinski definition) is 6. The van der Waals surface area contributed by atoms with Crippen LogP contribution in [-0.4, -0.2) is 44.6 Å². The highest BCUT2D eigenvalue weighted by molar-refractivity contribution is 7.99. The molecule has 34 heavy (non-hydrogen) atoms. The molecule has 6 rings (SSSR count). The molecule has 0 bridgehead atoms. The molecular formula is C24H22ClN5O3S. The van der Waals surface area contributed by atoms with Gasteiger partial charge in [-0.25, -0.2) is 0 Å². The number of fused-ring (bicyclic) bond motifs is 2. The summed E-state index contributed by atoms with van der Waals surface area (Å²) in [6.45, 7) is 1.14. The second-order valence-corrected chi connectivity index (χ2v) is 9.67. The topological polar surface area (TPSA) is 94.1 Å². The Balaban J connectivity index is 1.20. The molecule has 8 nitrogen and oxygen atoms in total. The Bertz CT molecular complexity index is 1380. The van der Waals surface area contributed by atoms with E-state index < -0.39 is 0 Å². The van der Waals surface area contributed by atoms with E-state index in [9.17, 15) is 4.79 Å². The number of nitrogens with zero attached hydrogens (tertiary/aromatic N) is 3. The Hall–Kier alpha value is -3.17. The maximum absolute atomic E-state index is 12.8. The van der Waals surface area contributed by atoms with Gasteiger partial charge in [-0.05, 0) is 18.9 Å². The Labute approximate surface area is 205 Å². The number of benzene rings is 2. The van der Waals surface area contributed by atoms with E-state index in [0.29, 0.717) is 41.5 Å². The number of hydrogen-bond donors (Lipinski definition) is 2. The second kappa shape index (κ2) is 8.88. The van der Waals surface area contributed by atoms with Gasteiger partial charge in [-0.2, -0.15) is 0 Å². The van der Waals surface area contributed by atoms with Gasteiger partial charge in [0.25, 0.3) is 0 Å². The van der Waals surface area contributed by atoms with Crippen LogP contribution in [0.25, 0.3) is 22.3 Å². The first-order valence-electron chi connectivity index (χ1n) is 11.2. The summed E-state index contributed by atoms with van der Waals surface area (Å²) in [4.78, 5) is 16.1. The van der Waals surface area contributed by atoms with Gasteiger partial charge in [0, 0.05) is 47.3 Å². The summed E-state index contributed by atoms with van der Waals surface area (Å²) in [6.07, 6.45) is 4.94. The normalized spacial score (nSPS) is 15.3. The van der Waals surface area contributed by atoms with Crippen molar-refractivity contribution in [3.63, 3.8) is 0 Å². The number of amides is 1. The van der Waals surface area contributed by atoms with E-state index >= 15 is 0 Å². The molecule has 0 atom stereocenters. The molecule has 10 heteroatoms. The lowest BCUT2D eigenvalue weighted by Crippen LogP contribution is -2.15. The summed E-state index contributed by atoms with van der Waals surface area (Å²) in [5.74, 6) is 2.01. The first-order chi connectivity index (χ1) is 16.7. The van der Waals surface area contributed by atoms with E-state index in [1.807, 2.05) is 24.4 Å². The Morgan fingerprint density at radius 3 is 2.79 bits per heavy atom. The van der Waals surface area contributed by atoms with Crippen LogP contribution in [0.15, 0.2) is 47.8 Å². The highest BCUT2D eigenvalue weighted by Gasteiger charge is 2.31. The summed E-state index contributed by atoms with van der Waals surface area (Å²) in [6, 6.07) is 11.9. The Morgan fingerprint density at radius 2 is 1.97 bits per heavy atom. The molecule has 1 aliphatic carbocycles. The van der Waals surface area contributed by atoms with E-state index in [1.54, 1.807) is 12.1 Å². The molecule has 0 radical (unpaired) electrons. The second-order valence-electron chi connectivity index (χ2n) is 8.32. The van der Waals surface area contributed by atoms with Crippen LogP contribution in [0.2, 0.25) is 5.02 Å². The number of aromatic amines is 1. The van der Waals surface area contributed by atoms with Gasteiger partial charge >= 0.3 is 0 Å². The molecule has 174 valence electrons. The molecular weight excluding hydrogens is 474 g/mol. The molecule has 1 saturated carbocycles. The number of carbonyl (C=O) groups excluding carboxylic acids is 1. The van der Waals surface area contributed by atoms with Gasteiger partial charge in [0.05, 0.1) is 29.7 Å². The van der Waals surface area contributed by atoms with Crippen molar-refractivity contribution in [3.8, 4) is 22.9 Å². The largest absolute Gasteiger partial charge is 0.490 e. The van der Waals surface area contributed by atoms with Crippen LogP contribution >= 0.6 is 23.4 Å². The van der Waals surface area contributed by atoms with Crippen molar-refractivity contribution in [1.29, 1.82) is 0 Å². The maximum atomic E-state index is 12.8. The molecule has 3 heterocycles. The summed E-state index contributed by atoms with van der Waals surface area (Å²) in [7, 11) is 0. The number of ether oxygens (including phenoxy) is 2. The third-order valence-electron chi connectivity index (χ3n) is 5.85. The highest BCUT2D eigenvalue weighted by atomic mass is 35.5. The van der Waals surface area contributed by atoms with E-state index in [0.717, 1.165) is 46.7 Å². The highest BCUT2D eigenvalue weighted by Crippen LogP contribution is 2.42. The van der Waals surface area contributed by atoms with Crippen molar-refractivity contribution < 1.29 is 14.3 Å². The van der Waals surface area contributed by atoms with Gasteiger partial charge in [-0.1, -0.05) is 41.6 Å². The quantitative estimate of drug-likeness (QED) is 0.352. The standard InChI is InChI=1S/C24H22ClN5O3S/c25-17-10-20-21(33-9-3-8-32-20)11-19(17)27-22(31)13-34-24-29-28-23(30(24)14-6-7-14)16-12-26-18-5-2-1-4-15(16)18/h1-2,4-5,10-12,14,26H,3,6-9,13H2,(H,27,31). The van der Waals surface area contributed by atoms with Gasteiger partial charge in [-0.15, -0.1) is 10.2 Å². The molecule has 0 spiro atoms.